The van der Waals surface area contributed by atoms with Gasteiger partial charge in [0.2, 0.25) is 0 Å². The van der Waals surface area contributed by atoms with E-state index in [-0.39, 0.29) is 0 Å². The highest BCUT2D eigenvalue weighted by atomic mass is 15.3. The Morgan fingerprint density at radius 2 is 2.07 bits per heavy atom. The number of hydrogen-bond acceptors (Lipinski definition) is 2. The van der Waals surface area contributed by atoms with Crippen molar-refractivity contribution in [3.05, 3.63) is 18.0 Å². The molecular formula is C12H23N3. The van der Waals surface area contributed by atoms with Crippen molar-refractivity contribution < 1.29 is 0 Å². The number of nitrogens with one attached hydrogen (secondary N) is 1. The third kappa shape index (κ3) is 4.47. The molecule has 0 fully saturated rings. The first-order valence-corrected chi connectivity index (χ1v) is 5.83. The predicted octanol–water partition coefficient (Wildman–Crippen LogP) is 2.60. The molecule has 0 amide bonds. The van der Waals surface area contributed by atoms with Gasteiger partial charge < -0.3 is 5.32 Å². The third-order valence-corrected chi connectivity index (χ3v) is 2.41. The summed E-state index contributed by atoms with van der Waals surface area (Å²) in [6, 6.07) is 0.453. The monoisotopic (exact) mass is 209 g/mol. The van der Waals surface area contributed by atoms with Crippen molar-refractivity contribution in [2.75, 3.05) is 6.54 Å². The molecule has 0 atom stereocenters. The van der Waals surface area contributed by atoms with Crippen molar-refractivity contribution in [1.29, 1.82) is 0 Å². The lowest BCUT2D eigenvalue weighted by molar-refractivity contribution is 0.528. The maximum absolute atomic E-state index is 4.31. The molecule has 0 aromatic carbocycles. The van der Waals surface area contributed by atoms with E-state index < -0.39 is 0 Å². The third-order valence-electron chi connectivity index (χ3n) is 2.41. The molecule has 0 aliphatic carbocycles. The second kappa shape index (κ2) is 5.91. The van der Waals surface area contributed by atoms with E-state index in [4.69, 9.17) is 0 Å². The van der Waals surface area contributed by atoms with Gasteiger partial charge in [0.15, 0.2) is 0 Å². The van der Waals surface area contributed by atoms with Gasteiger partial charge in [-0.15, -0.1) is 0 Å². The van der Waals surface area contributed by atoms with Gasteiger partial charge in [-0.2, -0.15) is 5.10 Å². The fraction of sp³-hybridized carbons (Fsp3) is 0.750. The first-order chi connectivity index (χ1) is 7.09. The van der Waals surface area contributed by atoms with Crippen LogP contribution in [0.2, 0.25) is 0 Å². The van der Waals surface area contributed by atoms with Gasteiger partial charge in [-0.1, -0.05) is 13.8 Å². The molecule has 0 unspecified atom stereocenters. The number of rotatable bonds is 6. The van der Waals surface area contributed by atoms with Crippen LogP contribution < -0.4 is 5.32 Å². The molecule has 0 spiro atoms. The summed E-state index contributed by atoms with van der Waals surface area (Å²) in [5.41, 5.74) is 1.27. The first kappa shape index (κ1) is 12.2. The van der Waals surface area contributed by atoms with Crippen LogP contribution in [0.15, 0.2) is 12.4 Å². The average molecular weight is 209 g/mol. The molecule has 1 rings (SSSR count). The van der Waals surface area contributed by atoms with Crippen LogP contribution in [-0.2, 0) is 6.54 Å². The van der Waals surface area contributed by atoms with E-state index in [1.807, 2.05) is 10.9 Å². The molecule has 1 aromatic heterocycles. The van der Waals surface area contributed by atoms with Crippen molar-refractivity contribution in [1.82, 2.24) is 15.1 Å². The van der Waals surface area contributed by atoms with Gasteiger partial charge >= 0.3 is 0 Å². The smallest absolute Gasteiger partial charge is 0.0534 e. The van der Waals surface area contributed by atoms with Gasteiger partial charge in [0.25, 0.3) is 0 Å². The van der Waals surface area contributed by atoms with Crippen LogP contribution in [0.25, 0.3) is 0 Å². The van der Waals surface area contributed by atoms with Gasteiger partial charge in [0.1, 0.15) is 0 Å². The molecule has 15 heavy (non-hydrogen) atoms. The van der Waals surface area contributed by atoms with E-state index in [9.17, 15) is 0 Å². The zero-order valence-corrected chi connectivity index (χ0v) is 10.3. The second-order valence-corrected chi connectivity index (χ2v) is 4.78. The van der Waals surface area contributed by atoms with E-state index in [1.54, 1.807) is 0 Å². The molecule has 0 saturated heterocycles. The quantitative estimate of drug-likeness (QED) is 0.730. The summed E-state index contributed by atoms with van der Waals surface area (Å²) in [7, 11) is 0. The standard InChI is InChI=1S/C12H23N3/c1-10(2)5-6-13-7-12-8-14-15(9-12)11(3)4/h8-11,13H,5-7H2,1-4H3. The fourth-order valence-electron chi connectivity index (χ4n) is 1.37. The Kier molecular flexibility index (Phi) is 4.82. The minimum atomic E-state index is 0.453. The van der Waals surface area contributed by atoms with E-state index in [1.165, 1.54) is 12.0 Å². The lowest BCUT2D eigenvalue weighted by Gasteiger charge is -2.05. The lowest BCUT2D eigenvalue weighted by atomic mass is 10.1. The highest BCUT2D eigenvalue weighted by Gasteiger charge is 2.01. The van der Waals surface area contributed by atoms with E-state index in [0.29, 0.717) is 6.04 Å². The Balaban J connectivity index is 2.26. The summed E-state index contributed by atoms with van der Waals surface area (Å²) in [5.74, 6) is 0.774. The summed E-state index contributed by atoms with van der Waals surface area (Å²) < 4.78 is 2.00. The van der Waals surface area contributed by atoms with Crippen molar-refractivity contribution >= 4 is 0 Å². The molecule has 0 aliphatic rings. The largest absolute Gasteiger partial charge is 0.313 e. The minimum Gasteiger partial charge on any atom is -0.313 e. The molecule has 1 heterocycles. The van der Waals surface area contributed by atoms with E-state index in [2.05, 4.69) is 44.3 Å². The molecule has 1 N–H and O–H groups in total. The zero-order chi connectivity index (χ0) is 11.3. The lowest BCUT2D eigenvalue weighted by Crippen LogP contribution is -2.15. The van der Waals surface area contributed by atoms with E-state index in [0.717, 1.165) is 19.0 Å². The Bertz CT molecular complexity index is 276. The van der Waals surface area contributed by atoms with Crippen LogP contribution in [0, 0.1) is 5.92 Å². The summed E-state index contributed by atoms with van der Waals surface area (Å²) >= 11 is 0. The Morgan fingerprint density at radius 1 is 1.33 bits per heavy atom. The molecular weight excluding hydrogens is 186 g/mol. The van der Waals surface area contributed by atoms with Gasteiger partial charge in [-0.3, -0.25) is 4.68 Å². The van der Waals surface area contributed by atoms with Gasteiger partial charge in [-0.25, -0.2) is 0 Å². The highest BCUT2D eigenvalue weighted by molar-refractivity contribution is 5.03. The second-order valence-electron chi connectivity index (χ2n) is 4.78. The Morgan fingerprint density at radius 3 is 2.60 bits per heavy atom. The maximum Gasteiger partial charge on any atom is 0.0534 e. The molecule has 0 radical (unpaired) electrons. The molecule has 0 aliphatic heterocycles. The summed E-state index contributed by atoms with van der Waals surface area (Å²) in [6.45, 7) is 10.8. The van der Waals surface area contributed by atoms with Crippen LogP contribution in [-0.4, -0.2) is 16.3 Å². The molecule has 1 aromatic rings. The normalized spacial score (nSPS) is 11.6. The van der Waals surface area contributed by atoms with Crippen LogP contribution in [0.3, 0.4) is 0 Å². The molecule has 0 saturated carbocycles. The van der Waals surface area contributed by atoms with Crippen LogP contribution in [0.5, 0.6) is 0 Å². The van der Waals surface area contributed by atoms with Gasteiger partial charge in [-0.05, 0) is 32.7 Å². The number of hydrogen-bond donors (Lipinski definition) is 1. The summed E-state index contributed by atoms with van der Waals surface area (Å²) in [4.78, 5) is 0. The van der Waals surface area contributed by atoms with Crippen molar-refractivity contribution in [3.63, 3.8) is 0 Å². The van der Waals surface area contributed by atoms with Gasteiger partial charge in [0.05, 0.1) is 6.20 Å². The highest BCUT2D eigenvalue weighted by Crippen LogP contribution is 2.05. The zero-order valence-electron chi connectivity index (χ0n) is 10.3. The molecule has 0 bridgehead atoms. The predicted molar refractivity (Wildman–Crippen MR) is 63.8 cm³/mol. The average Bonchev–Trinajstić information content (AvgIpc) is 2.60. The van der Waals surface area contributed by atoms with Crippen molar-refractivity contribution in [2.24, 2.45) is 5.92 Å². The van der Waals surface area contributed by atoms with Crippen molar-refractivity contribution in [2.45, 2.75) is 46.7 Å². The SMILES string of the molecule is CC(C)CCNCc1cnn(C(C)C)c1. The Labute approximate surface area is 92.9 Å². The summed E-state index contributed by atoms with van der Waals surface area (Å²) in [5, 5.41) is 7.74. The first-order valence-electron chi connectivity index (χ1n) is 5.83. The maximum atomic E-state index is 4.31. The number of aromatic nitrogens is 2. The van der Waals surface area contributed by atoms with Crippen LogP contribution in [0.1, 0.15) is 45.7 Å². The number of nitrogens with zero attached hydrogens (tertiary/aromatic N) is 2. The fourth-order valence-corrected chi connectivity index (χ4v) is 1.37. The molecule has 3 heteroatoms. The van der Waals surface area contributed by atoms with Crippen LogP contribution in [0.4, 0.5) is 0 Å². The summed E-state index contributed by atoms with van der Waals surface area (Å²) in [6.07, 6.45) is 5.30. The molecule has 3 nitrogen and oxygen atoms in total. The topological polar surface area (TPSA) is 29.9 Å². The minimum absolute atomic E-state index is 0.453. The Hall–Kier alpha value is -0.830. The van der Waals surface area contributed by atoms with Crippen molar-refractivity contribution in [3.8, 4) is 0 Å². The van der Waals surface area contributed by atoms with Crippen LogP contribution >= 0.6 is 0 Å². The van der Waals surface area contributed by atoms with Gasteiger partial charge in [0, 0.05) is 24.3 Å². The molecule has 86 valence electrons. The van der Waals surface area contributed by atoms with E-state index >= 15 is 0 Å².